The summed E-state index contributed by atoms with van der Waals surface area (Å²) in [5.41, 5.74) is 5.49. The van der Waals surface area contributed by atoms with Gasteiger partial charge >= 0.3 is 0 Å². The van der Waals surface area contributed by atoms with E-state index in [2.05, 4.69) is 87.6 Å². The van der Waals surface area contributed by atoms with Crippen molar-refractivity contribution < 1.29 is 4.79 Å². The predicted molar refractivity (Wildman–Crippen MR) is 160 cm³/mol. The van der Waals surface area contributed by atoms with Crippen LogP contribution < -0.4 is 0 Å². The zero-order valence-corrected chi connectivity index (χ0v) is 23.9. The number of carbonyl (C=O) groups excluding carboxylic acids is 1. The van der Waals surface area contributed by atoms with Crippen LogP contribution in [-0.4, -0.2) is 50.5 Å². The standard InChI is InChI=1S/C33H43N5O/c1-4-19-36(20-5-2)23-28-11-9-27(10-12-28)22-32(39)30-15-13-29(14-16-30)24-37(25-31-8-7-17-34-31)26-33-35-18-21-38(33)6-3/h7,9-18,21H,4-6,8,19-20,22-26H2,1-3H3. The van der Waals surface area contributed by atoms with Gasteiger partial charge in [0, 0.05) is 68.9 Å². The van der Waals surface area contributed by atoms with Crippen LogP contribution in [0.2, 0.25) is 0 Å². The number of allylic oxidation sites excluding steroid dienone is 1. The molecule has 0 atom stereocenters. The van der Waals surface area contributed by atoms with Gasteiger partial charge in [0.25, 0.3) is 0 Å². The molecule has 1 aliphatic heterocycles. The fraction of sp³-hybridized carbons (Fsp3) is 0.424. The van der Waals surface area contributed by atoms with Crippen molar-refractivity contribution in [3.63, 3.8) is 0 Å². The second-order valence-electron chi connectivity index (χ2n) is 10.4. The van der Waals surface area contributed by atoms with Gasteiger partial charge < -0.3 is 4.57 Å². The van der Waals surface area contributed by atoms with Crippen LogP contribution in [0.1, 0.15) is 72.9 Å². The van der Waals surface area contributed by atoms with Gasteiger partial charge in [0.1, 0.15) is 5.82 Å². The topological polar surface area (TPSA) is 53.7 Å². The van der Waals surface area contributed by atoms with Crippen LogP contribution in [0.15, 0.2) is 78.2 Å². The van der Waals surface area contributed by atoms with Gasteiger partial charge in [-0.15, -0.1) is 0 Å². The SMILES string of the molecule is CCCN(CCC)Cc1ccc(CC(=O)c2ccc(CN(CC3=NC=CC3)Cc3nccn3CC)cc2)cc1. The van der Waals surface area contributed by atoms with Gasteiger partial charge in [-0.05, 0) is 49.5 Å². The molecule has 1 aliphatic rings. The normalized spacial score (nSPS) is 13.0. The molecule has 1 aromatic heterocycles. The Bertz CT molecular complexity index is 1230. The van der Waals surface area contributed by atoms with E-state index in [0.29, 0.717) is 6.42 Å². The van der Waals surface area contributed by atoms with Gasteiger partial charge in [0.2, 0.25) is 0 Å². The molecule has 39 heavy (non-hydrogen) atoms. The van der Waals surface area contributed by atoms with E-state index in [-0.39, 0.29) is 5.78 Å². The number of imidazole rings is 1. The lowest BCUT2D eigenvalue weighted by molar-refractivity contribution is 0.0993. The van der Waals surface area contributed by atoms with Crippen LogP contribution in [0.5, 0.6) is 0 Å². The summed E-state index contributed by atoms with van der Waals surface area (Å²) in [4.78, 5) is 27.0. The molecule has 6 heteroatoms. The van der Waals surface area contributed by atoms with Crippen LogP contribution in [-0.2, 0) is 32.6 Å². The van der Waals surface area contributed by atoms with Gasteiger partial charge in [0.05, 0.1) is 6.54 Å². The Balaban J connectivity index is 1.35. The van der Waals surface area contributed by atoms with E-state index in [1.54, 1.807) is 0 Å². The molecule has 3 aromatic rings. The lowest BCUT2D eigenvalue weighted by Gasteiger charge is -2.22. The molecule has 0 saturated heterocycles. The first-order valence-electron chi connectivity index (χ1n) is 14.4. The maximum Gasteiger partial charge on any atom is 0.167 e. The van der Waals surface area contributed by atoms with Crippen LogP contribution in [0.3, 0.4) is 0 Å². The highest BCUT2D eigenvalue weighted by Gasteiger charge is 2.15. The first-order chi connectivity index (χ1) is 19.1. The van der Waals surface area contributed by atoms with E-state index in [9.17, 15) is 4.79 Å². The van der Waals surface area contributed by atoms with Crippen molar-refractivity contribution >= 4 is 11.5 Å². The summed E-state index contributed by atoms with van der Waals surface area (Å²) in [6.45, 7) is 13.0. The molecular formula is C33H43N5O. The van der Waals surface area contributed by atoms with E-state index in [4.69, 9.17) is 0 Å². The van der Waals surface area contributed by atoms with E-state index in [0.717, 1.165) is 69.2 Å². The highest BCUT2D eigenvalue weighted by molar-refractivity contribution is 5.97. The maximum atomic E-state index is 13.0. The Morgan fingerprint density at radius 1 is 0.821 bits per heavy atom. The summed E-state index contributed by atoms with van der Waals surface area (Å²) >= 11 is 0. The number of Topliss-reactive ketones (excluding diaryl/α,β-unsaturated/α-hetero) is 1. The molecule has 0 N–H and O–H groups in total. The number of carbonyl (C=O) groups is 1. The smallest absolute Gasteiger partial charge is 0.167 e. The van der Waals surface area contributed by atoms with Crippen molar-refractivity contribution in [3.05, 3.63) is 101 Å². The third-order valence-electron chi connectivity index (χ3n) is 7.19. The third kappa shape index (κ3) is 8.57. The van der Waals surface area contributed by atoms with Gasteiger partial charge in [0.15, 0.2) is 5.78 Å². The molecule has 0 fully saturated rings. The van der Waals surface area contributed by atoms with Crippen LogP contribution in [0.25, 0.3) is 0 Å². The maximum absolute atomic E-state index is 13.0. The molecule has 0 radical (unpaired) electrons. The molecule has 0 saturated carbocycles. The van der Waals surface area contributed by atoms with Gasteiger partial charge in [-0.1, -0.05) is 68.5 Å². The van der Waals surface area contributed by atoms with Crippen molar-refractivity contribution in [1.29, 1.82) is 0 Å². The number of rotatable bonds is 16. The molecule has 0 spiro atoms. The van der Waals surface area contributed by atoms with E-state index < -0.39 is 0 Å². The first kappa shape index (κ1) is 28.7. The molecule has 0 bridgehead atoms. The highest BCUT2D eigenvalue weighted by atomic mass is 16.1. The molecule has 206 valence electrons. The fourth-order valence-electron chi connectivity index (χ4n) is 5.18. The molecule has 4 rings (SSSR count). The molecule has 0 aliphatic carbocycles. The molecule has 2 heterocycles. The summed E-state index contributed by atoms with van der Waals surface area (Å²) in [5, 5.41) is 0. The molecular weight excluding hydrogens is 482 g/mol. The Morgan fingerprint density at radius 3 is 2.08 bits per heavy atom. The Labute approximate surface area is 234 Å². The highest BCUT2D eigenvalue weighted by Crippen LogP contribution is 2.16. The minimum atomic E-state index is 0.154. The lowest BCUT2D eigenvalue weighted by Crippen LogP contribution is -2.30. The van der Waals surface area contributed by atoms with Gasteiger partial charge in [-0.25, -0.2) is 4.98 Å². The molecule has 2 aromatic carbocycles. The minimum absolute atomic E-state index is 0.154. The monoisotopic (exact) mass is 525 g/mol. The minimum Gasteiger partial charge on any atom is -0.334 e. The quantitative estimate of drug-likeness (QED) is 0.206. The number of hydrogen-bond donors (Lipinski definition) is 0. The lowest BCUT2D eigenvalue weighted by atomic mass is 10.0. The van der Waals surface area contributed by atoms with E-state index in [1.807, 2.05) is 30.7 Å². The summed E-state index contributed by atoms with van der Waals surface area (Å²) in [5.74, 6) is 1.21. The van der Waals surface area contributed by atoms with Crippen molar-refractivity contribution in [2.75, 3.05) is 19.6 Å². The number of hydrogen-bond acceptors (Lipinski definition) is 5. The van der Waals surface area contributed by atoms with E-state index in [1.165, 1.54) is 29.7 Å². The van der Waals surface area contributed by atoms with Crippen molar-refractivity contribution in [3.8, 4) is 0 Å². The van der Waals surface area contributed by atoms with E-state index >= 15 is 0 Å². The predicted octanol–water partition coefficient (Wildman–Crippen LogP) is 6.31. The Hall–Kier alpha value is -3.35. The first-order valence-corrected chi connectivity index (χ1v) is 14.4. The fourth-order valence-corrected chi connectivity index (χ4v) is 5.18. The van der Waals surface area contributed by atoms with Crippen molar-refractivity contribution in [2.24, 2.45) is 4.99 Å². The molecule has 0 amide bonds. The number of aryl methyl sites for hydroxylation is 1. The van der Waals surface area contributed by atoms with Crippen molar-refractivity contribution in [1.82, 2.24) is 19.4 Å². The second-order valence-corrected chi connectivity index (χ2v) is 10.4. The Kier molecular flexibility index (Phi) is 10.8. The van der Waals surface area contributed by atoms with Crippen LogP contribution >= 0.6 is 0 Å². The number of aliphatic imine (C=N–C) groups is 1. The number of ketones is 1. The van der Waals surface area contributed by atoms with Gasteiger partial charge in [-0.2, -0.15) is 0 Å². The van der Waals surface area contributed by atoms with Crippen LogP contribution in [0.4, 0.5) is 0 Å². The summed E-state index contributed by atoms with van der Waals surface area (Å²) in [7, 11) is 0. The zero-order chi connectivity index (χ0) is 27.5. The number of nitrogens with zero attached hydrogens (tertiary/aromatic N) is 5. The summed E-state index contributed by atoms with van der Waals surface area (Å²) in [6, 6.07) is 16.7. The summed E-state index contributed by atoms with van der Waals surface area (Å²) < 4.78 is 2.18. The van der Waals surface area contributed by atoms with Crippen molar-refractivity contribution in [2.45, 2.75) is 72.6 Å². The number of benzene rings is 2. The third-order valence-corrected chi connectivity index (χ3v) is 7.19. The zero-order valence-electron chi connectivity index (χ0n) is 23.9. The molecule has 6 nitrogen and oxygen atoms in total. The average molecular weight is 526 g/mol. The van der Waals surface area contributed by atoms with Crippen LogP contribution in [0, 0.1) is 0 Å². The second kappa shape index (κ2) is 14.7. The average Bonchev–Trinajstić information content (AvgIpc) is 3.62. The summed E-state index contributed by atoms with van der Waals surface area (Å²) in [6.07, 6.45) is 11.6. The number of aromatic nitrogens is 2. The van der Waals surface area contributed by atoms with Gasteiger partial charge in [-0.3, -0.25) is 19.6 Å². The molecule has 0 unspecified atom stereocenters. The largest absolute Gasteiger partial charge is 0.334 e. The Morgan fingerprint density at radius 2 is 1.46 bits per heavy atom.